The standard InChI is InChI=1S/C24H39NO4/c1-15(25-11-12-29-4)17-7-10-24(28)19-14-21(27)20-13-16(26)5-8-22(20,2)18(19)6-9-23(17,24)3/h14-18,20,25-26,28H,5-13H2,1-4H3/t15?,16?,17?,18?,20?,22?,23-,24-/m1/s1. The summed E-state index contributed by atoms with van der Waals surface area (Å²) in [6.07, 6.45) is 7.40. The van der Waals surface area contributed by atoms with Crippen LogP contribution >= 0.6 is 0 Å². The van der Waals surface area contributed by atoms with E-state index in [9.17, 15) is 15.0 Å². The Labute approximate surface area is 175 Å². The number of ketones is 1. The van der Waals surface area contributed by atoms with E-state index in [0.717, 1.165) is 50.6 Å². The number of allylic oxidation sites excluding steroid dienone is 1. The highest BCUT2D eigenvalue weighted by Crippen LogP contribution is 2.67. The molecule has 5 heteroatoms. The minimum Gasteiger partial charge on any atom is -0.393 e. The summed E-state index contributed by atoms with van der Waals surface area (Å²) in [6, 6.07) is 0.300. The van der Waals surface area contributed by atoms with E-state index in [1.165, 1.54) is 0 Å². The van der Waals surface area contributed by atoms with Gasteiger partial charge in [0.25, 0.3) is 0 Å². The summed E-state index contributed by atoms with van der Waals surface area (Å²) in [4.78, 5) is 13.1. The van der Waals surface area contributed by atoms with Crippen molar-refractivity contribution < 1.29 is 19.7 Å². The van der Waals surface area contributed by atoms with Gasteiger partial charge in [0.1, 0.15) is 0 Å². The highest BCUT2D eigenvalue weighted by molar-refractivity contribution is 5.95. The van der Waals surface area contributed by atoms with Crippen LogP contribution in [0.4, 0.5) is 0 Å². The van der Waals surface area contributed by atoms with Gasteiger partial charge in [-0.3, -0.25) is 4.79 Å². The highest BCUT2D eigenvalue weighted by Gasteiger charge is 2.66. The van der Waals surface area contributed by atoms with Crippen LogP contribution in [-0.4, -0.2) is 54.0 Å². The Bertz CT molecular complexity index is 692. The number of hydrogen-bond acceptors (Lipinski definition) is 5. The largest absolute Gasteiger partial charge is 0.393 e. The first-order valence-corrected chi connectivity index (χ1v) is 11.6. The summed E-state index contributed by atoms with van der Waals surface area (Å²) in [7, 11) is 1.72. The molecule has 0 radical (unpaired) electrons. The Morgan fingerprint density at radius 1 is 1.21 bits per heavy atom. The first-order valence-electron chi connectivity index (χ1n) is 11.6. The van der Waals surface area contributed by atoms with Gasteiger partial charge in [0.15, 0.2) is 5.78 Å². The molecule has 4 aliphatic carbocycles. The van der Waals surface area contributed by atoms with Crippen molar-refractivity contribution in [2.24, 2.45) is 28.6 Å². The summed E-state index contributed by atoms with van der Waals surface area (Å²) in [5, 5.41) is 25.9. The van der Waals surface area contributed by atoms with E-state index in [1.807, 2.05) is 0 Å². The number of hydrogen-bond donors (Lipinski definition) is 3. The van der Waals surface area contributed by atoms with Crippen LogP contribution in [0.25, 0.3) is 0 Å². The summed E-state index contributed by atoms with van der Waals surface area (Å²) in [5.74, 6) is 0.663. The molecule has 8 atom stereocenters. The molecule has 29 heavy (non-hydrogen) atoms. The van der Waals surface area contributed by atoms with Crippen LogP contribution in [-0.2, 0) is 9.53 Å². The molecular weight excluding hydrogens is 366 g/mol. The minimum absolute atomic E-state index is 0.0974. The second-order valence-corrected chi connectivity index (χ2v) is 10.7. The molecule has 164 valence electrons. The first-order chi connectivity index (χ1) is 13.7. The molecule has 6 unspecified atom stereocenters. The van der Waals surface area contributed by atoms with Crippen LogP contribution in [0, 0.1) is 28.6 Å². The van der Waals surface area contributed by atoms with Crippen molar-refractivity contribution in [3.8, 4) is 0 Å². The van der Waals surface area contributed by atoms with Crippen LogP contribution in [0.15, 0.2) is 11.6 Å². The summed E-state index contributed by atoms with van der Waals surface area (Å²) >= 11 is 0. The van der Waals surface area contributed by atoms with Gasteiger partial charge in [0.2, 0.25) is 0 Å². The van der Waals surface area contributed by atoms with E-state index in [0.29, 0.717) is 25.0 Å². The first kappa shape index (κ1) is 21.5. The van der Waals surface area contributed by atoms with Crippen molar-refractivity contribution >= 4 is 5.78 Å². The molecule has 0 amide bonds. The zero-order valence-electron chi connectivity index (χ0n) is 18.5. The Morgan fingerprint density at radius 2 is 1.97 bits per heavy atom. The van der Waals surface area contributed by atoms with E-state index in [-0.39, 0.29) is 34.6 Å². The minimum atomic E-state index is -0.891. The molecule has 5 nitrogen and oxygen atoms in total. The fourth-order valence-electron chi connectivity index (χ4n) is 7.69. The third-order valence-electron chi connectivity index (χ3n) is 9.52. The second kappa shape index (κ2) is 7.44. The third-order valence-corrected chi connectivity index (χ3v) is 9.52. The number of ether oxygens (including phenoxy) is 1. The predicted molar refractivity (Wildman–Crippen MR) is 112 cm³/mol. The van der Waals surface area contributed by atoms with Crippen LogP contribution in [0.5, 0.6) is 0 Å². The van der Waals surface area contributed by atoms with Gasteiger partial charge in [-0.1, -0.05) is 13.8 Å². The van der Waals surface area contributed by atoms with E-state index in [2.05, 4.69) is 26.1 Å². The maximum Gasteiger partial charge on any atom is 0.159 e. The van der Waals surface area contributed by atoms with Gasteiger partial charge in [0.05, 0.1) is 18.3 Å². The fourth-order valence-corrected chi connectivity index (χ4v) is 7.69. The molecular formula is C24H39NO4. The van der Waals surface area contributed by atoms with Crippen LogP contribution < -0.4 is 5.32 Å². The van der Waals surface area contributed by atoms with E-state index >= 15 is 0 Å². The molecule has 3 fully saturated rings. The Hall–Kier alpha value is -0.750. The number of aliphatic hydroxyl groups excluding tert-OH is 1. The quantitative estimate of drug-likeness (QED) is 0.613. The van der Waals surface area contributed by atoms with Crippen LogP contribution in [0.2, 0.25) is 0 Å². The molecule has 0 spiro atoms. The zero-order valence-corrected chi connectivity index (χ0v) is 18.5. The average molecular weight is 406 g/mol. The molecule has 0 aromatic heterocycles. The van der Waals surface area contributed by atoms with Gasteiger partial charge in [-0.2, -0.15) is 0 Å². The number of carbonyl (C=O) groups is 1. The fraction of sp³-hybridized carbons (Fsp3) is 0.875. The molecule has 0 heterocycles. The lowest BCUT2D eigenvalue weighted by molar-refractivity contribution is -0.140. The third kappa shape index (κ3) is 3.07. The van der Waals surface area contributed by atoms with E-state index < -0.39 is 5.60 Å². The highest BCUT2D eigenvalue weighted by atomic mass is 16.5. The lowest BCUT2D eigenvalue weighted by Crippen LogP contribution is -2.60. The Kier molecular flexibility index (Phi) is 5.51. The lowest BCUT2D eigenvalue weighted by Gasteiger charge is -2.59. The van der Waals surface area contributed by atoms with Crippen molar-refractivity contribution in [1.82, 2.24) is 5.32 Å². The van der Waals surface area contributed by atoms with Crippen molar-refractivity contribution in [1.29, 1.82) is 0 Å². The molecule has 0 aromatic rings. The monoisotopic (exact) mass is 405 g/mol. The summed E-state index contributed by atoms with van der Waals surface area (Å²) < 4.78 is 5.18. The second-order valence-electron chi connectivity index (χ2n) is 10.7. The molecule has 3 N–H and O–H groups in total. The van der Waals surface area contributed by atoms with Gasteiger partial charge >= 0.3 is 0 Å². The van der Waals surface area contributed by atoms with Crippen LogP contribution in [0.1, 0.15) is 65.7 Å². The molecule has 0 saturated heterocycles. The molecule has 4 rings (SSSR count). The lowest BCUT2D eigenvalue weighted by atomic mass is 9.46. The predicted octanol–water partition coefficient (Wildman–Crippen LogP) is 2.84. The van der Waals surface area contributed by atoms with Crippen molar-refractivity contribution in [3.05, 3.63) is 11.6 Å². The summed E-state index contributed by atoms with van der Waals surface area (Å²) in [5.41, 5.74) is -0.222. The van der Waals surface area contributed by atoms with Gasteiger partial charge in [-0.15, -0.1) is 0 Å². The maximum absolute atomic E-state index is 13.1. The molecule has 3 saturated carbocycles. The van der Waals surface area contributed by atoms with Crippen molar-refractivity contribution in [2.75, 3.05) is 20.3 Å². The van der Waals surface area contributed by atoms with Gasteiger partial charge in [0, 0.05) is 31.0 Å². The van der Waals surface area contributed by atoms with Gasteiger partial charge in [-0.05, 0) is 80.8 Å². The summed E-state index contributed by atoms with van der Waals surface area (Å²) in [6.45, 7) is 8.22. The number of nitrogens with one attached hydrogen (secondary N) is 1. The number of methoxy groups -OCH3 is 1. The number of carbonyl (C=O) groups excluding carboxylic acids is 1. The SMILES string of the molecule is COCCNC(C)C1CC[C@@]2(O)C3=CC(=O)C4CC(O)CCC4(C)C3CC[C@]12C. The smallest absolute Gasteiger partial charge is 0.159 e. The molecule has 0 aromatic carbocycles. The average Bonchev–Trinajstić information content (AvgIpc) is 2.95. The van der Waals surface area contributed by atoms with Gasteiger partial charge < -0.3 is 20.3 Å². The normalized spacial score (nSPS) is 47.8. The molecule has 4 aliphatic rings. The molecule has 0 bridgehead atoms. The molecule has 0 aliphatic heterocycles. The Morgan fingerprint density at radius 3 is 2.69 bits per heavy atom. The number of rotatable bonds is 5. The van der Waals surface area contributed by atoms with Crippen LogP contribution in [0.3, 0.4) is 0 Å². The van der Waals surface area contributed by atoms with Crippen molar-refractivity contribution in [3.63, 3.8) is 0 Å². The van der Waals surface area contributed by atoms with Gasteiger partial charge in [-0.25, -0.2) is 0 Å². The number of aliphatic hydroxyl groups is 2. The van der Waals surface area contributed by atoms with E-state index in [1.54, 1.807) is 13.2 Å². The Balaban J connectivity index is 1.64. The van der Waals surface area contributed by atoms with E-state index in [4.69, 9.17) is 4.74 Å². The number of fused-ring (bicyclic) bond motifs is 5. The maximum atomic E-state index is 13.1. The topological polar surface area (TPSA) is 78.8 Å². The zero-order chi connectivity index (χ0) is 21.0. The van der Waals surface area contributed by atoms with Crippen molar-refractivity contribution in [2.45, 2.75) is 83.5 Å².